The Morgan fingerprint density at radius 3 is 2.64 bits per heavy atom. The van der Waals surface area contributed by atoms with Crippen molar-refractivity contribution in [2.75, 3.05) is 26.7 Å². The summed E-state index contributed by atoms with van der Waals surface area (Å²) in [6, 6.07) is 0. The molecule has 2 saturated heterocycles. The summed E-state index contributed by atoms with van der Waals surface area (Å²) < 4.78 is 5.18. The Hall–Kier alpha value is -1.52. The van der Waals surface area contributed by atoms with Crippen molar-refractivity contribution >= 4 is 12.0 Å². The summed E-state index contributed by atoms with van der Waals surface area (Å²) in [5.41, 5.74) is -0.454. The van der Waals surface area contributed by atoms with Crippen LogP contribution < -0.4 is 0 Å². The molecule has 0 unspecified atom stereocenters. The normalized spacial score (nSPS) is 23.4. The van der Waals surface area contributed by atoms with Gasteiger partial charge in [-0.3, -0.25) is 4.79 Å². The molecule has 0 aromatic heterocycles. The molecule has 0 N–H and O–H groups in total. The minimum absolute atomic E-state index is 0.110. The summed E-state index contributed by atoms with van der Waals surface area (Å²) in [7, 11) is 1.69. The van der Waals surface area contributed by atoms with E-state index in [1.807, 2.05) is 0 Å². The first-order valence-corrected chi connectivity index (χ1v) is 4.42. The van der Waals surface area contributed by atoms with Crippen LogP contribution in [0.1, 0.15) is 0 Å². The molecule has 2 amide bonds. The van der Waals surface area contributed by atoms with Gasteiger partial charge in [0.05, 0.1) is 19.6 Å². The van der Waals surface area contributed by atoms with E-state index < -0.39 is 5.60 Å². The Labute approximate surface area is 81.9 Å². The first-order chi connectivity index (χ1) is 6.56. The van der Waals surface area contributed by atoms with Crippen LogP contribution in [0.15, 0.2) is 12.7 Å². The van der Waals surface area contributed by atoms with E-state index in [2.05, 4.69) is 6.58 Å². The highest BCUT2D eigenvalue weighted by Crippen LogP contribution is 2.31. The van der Waals surface area contributed by atoms with Gasteiger partial charge in [0.15, 0.2) is 5.60 Å². The van der Waals surface area contributed by atoms with E-state index in [0.717, 1.165) is 0 Å². The van der Waals surface area contributed by atoms with Crippen molar-refractivity contribution in [3.63, 3.8) is 0 Å². The van der Waals surface area contributed by atoms with Gasteiger partial charge in [-0.15, -0.1) is 0 Å². The number of hydrogen-bond donors (Lipinski definition) is 0. The number of carbonyl (C=O) groups excluding carboxylic acids is 2. The minimum Gasteiger partial charge on any atom is -0.437 e. The van der Waals surface area contributed by atoms with E-state index in [1.54, 1.807) is 11.9 Å². The summed E-state index contributed by atoms with van der Waals surface area (Å²) in [6.07, 6.45) is 0.962. The molecule has 0 saturated carbocycles. The van der Waals surface area contributed by atoms with Crippen LogP contribution in [0, 0.1) is 0 Å². The molecule has 5 nitrogen and oxygen atoms in total. The summed E-state index contributed by atoms with van der Waals surface area (Å²) in [4.78, 5) is 25.4. The number of ether oxygens (including phenoxy) is 1. The van der Waals surface area contributed by atoms with E-state index in [1.165, 1.54) is 11.0 Å². The van der Waals surface area contributed by atoms with Crippen LogP contribution in [-0.2, 0) is 9.53 Å². The maximum Gasteiger partial charge on any atom is 0.410 e. The second kappa shape index (κ2) is 2.73. The molecular formula is C9H12N2O3. The topological polar surface area (TPSA) is 49.9 Å². The first-order valence-electron chi connectivity index (χ1n) is 4.42. The molecule has 2 fully saturated rings. The van der Waals surface area contributed by atoms with Gasteiger partial charge < -0.3 is 14.5 Å². The zero-order valence-corrected chi connectivity index (χ0v) is 8.02. The number of nitrogens with zero attached hydrogens (tertiary/aromatic N) is 2. The zero-order valence-electron chi connectivity index (χ0n) is 8.02. The predicted molar refractivity (Wildman–Crippen MR) is 48.6 cm³/mol. The summed E-state index contributed by atoms with van der Waals surface area (Å²) >= 11 is 0. The number of rotatable bonds is 1. The van der Waals surface area contributed by atoms with Crippen LogP contribution in [-0.4, -0.2) is 54.1 Å². The highest BCUT2D eigenvalue weighted by Gasteiger charge is 2.53. The van der Waals surface area contributed by atoms with Crippen molar-refractivity contribution < 1.29 is 14.3 Å². The molecule has 14 heavy (non-hydrogen) atoms. The molecule has 0 aromatic carbocycles. The maximum absolute atomic E-state index is 11.2. The molecule has 2 rings (SSSR count). The molecule has 0 aromatic rings. The minimum atomic E-state index is -0.454. The Balaban J connectivity index is 1.97. The molecule has 5 heteroatoms. The molecule has 0 aliphatic carbocycles. The van der Waals surface area contributed by atoms with Crippen molar-refractivity contribution in [1.29, 1.82) is 0 Å². The van der Waals surface area contributed by atoms with Crippen molar-refractivity contribution in [3.8, 4) is 0 Å². The molecule has 0 bridgehead atoms. The summed E-state index contributed by atoms with van der Waals surface area (Å²) in [5.74, 6) is -0.110. The van der Waals surface area contributed by atoms with Gasteiger partial charge in [-0.2, -0.15) is 0 Å². The van der Waals surface area contributed by atoms with Gasteiger partial charge in [0.25, 0.3) is 0 Å². The van der Waals surface area contributed by atoms with E-state index in [-0.39, 0.29) is 12.0 Å². The Kier molecular flexibility index (Phi) is 1.77. The Morgan fingerprint density at radius 1 is 1.57 bits per heavy atom. The smallest absolute Gasteiger partial charge is 0.410 e. The molecule has 76 valence electrons. The second-order valence-corrected chi connectivity index (χ2v) is 3.81. The number of likely N-dealkylation sites (N-methyl/N-ethyl adjacent to an activating group) is 1. The van der Waals surface area contributed by atoms with Crippen LogP contribution >= 0.6 is 0 Å². The predicted octanol–water partition coefficient (Wildman–Crippen LogP) is -0.165. The molecule has 0 radical (unpaired) electrons. The lowest BCUT2D eigenvalue weighted by Gasteiger charge is -2.44. The quantitative estimate of drug-likeness (QED) is 0.547. The van der Waals surface area contributed by atoms with Crippen molar-refractivity contribution in [3.05, 3.63) is 12.7 Å². The SMILES string of the molecule is C=CC(=O)N1CC2(CN(C)C(=O)O2)C1. The molecule has 2 aliphatic rings. The number of amides is 2. The number of carbonyl (C=O) groups is 2. The van der Waals surface area contributed by atoms with Gasteiger partial charge in [0, 0.05) is 7.05 Å². The molecule has 0 atom stereocenters. The lowest BCUT2D eigenvalue weighted by atomic mass is 9.94. The highest BCUT2D eigenvalue weighted by atomic mass is 16.6. The van der Waals surface area contributed by atoms with Crippen LogP contribution in [0.2, 0.25) is 0 Å². The van der Waals surface area contributed by atoms with Gasteiger partial charge in [-0.1, -0.05) is 6.58 Å². The maximum atomic E-state index is 11.2. The van der Waals surface area contributed by atoms with Crippen molar-refractivity contribution in [2.24, 2.45) is 0 Å². The first kappa shape index (κ1) is 9.05. The van der Waals surface area contributed by atoms with E-state index in [4.69, 9.17) is 4.74 Å². The third-order valence-corrected chi connectivity index (χ3v) is 2.59. The largest absolute Gasteiger partial charge is 0.437 e. The zero-order chi connectivity index (χ0) is 10.3. The van der Waals surface area contributed by atoms with Gasteiger partial charge in [-0.05, 0) is 6.08 Å². The van der Waals surface area contributed by atoms with E-state index in [9.17, 15) is 9.59 Å². The van der Waals surface area contributed by atoms with Crippen molar-refractivity contribution in [2.45, 2.75) is 5.60 Å². The van der Waals surface area contributed by atoms with E-state index in [0.29, 0.717) is 19.6 Å². The Bertz CT molecular complexity index is 307. The standard InChI is InChI=1S/C9H12N2O3/c1-3-7(12)11-5-9(6-11)4-10(2)8(13)14-9/h3H,1,4-6H2,2H3. The fourth-order valence-electron chi connectivity index (χ4n) is 1.89. The summed E-state index contributed by atoms with van der Waals surface area (Å²) in [5, 5.41) is 0. The lowest BCUT2D eigenvalue weighted by molar-refractivity contribution is -0.144. The van der Waals surface area contributed by atoms with Crippen molar-refractivity contribution in [1.82, 2.24) is 9.80 Å². The fourth-order valence-corrected chi connectivity index (χ4v) is 1.89. The number of hydrogen-bond acceptors (Lipinski definition) is 3. The van der Waals surface area contributed by atoms with Gasteiger partial charge in [-0.25, -0.2) is 4.79 Å². The van der Waals surface area contributed by atoms with Crippen LogP contribution in [0.25, 0.3) is 0 Å². The average molecular weight is 196 g/mol. The average Bonchev–Trinajstić information content (AvgIpc) is 2.39. The fraction of sp³-hybridized carbons (Fsp3) is 0.556. The number of likely N-dealkylation sites (tertiary alicyclic amines) is 1. The Morgan fingerprint density at radius 2 is 2.21 bits per heavy atom. The van der Waals surface area contributed by atoms with Gasteiger partial charge >= 0.3 is 6.09 Å². The molecule has 1 spiro atoms. The van der Waals surface area contributed by atoms with Gasteiger partial charge in [0.2, 0.25) is 5.91 Å². The monoisotopic (exact) mass is 196 g/mol. The molecule has 2 heterocycles. The lowest BCUT2D eigenvalue weighted by Crippen LogP contribution is -2.65. The molecular weight excluding hydrogens is 184 g/mol. The van der Waals surface area contributed by atoms with Crippen LogP contribution in [0.4, 0.5) is 4.79 Å². The highest BCUT2D eigenvalue weighted by molar-refractivity contribution is 5.88. The summed E-state index contributed by atoms with van der Waals surface area (Å²) in [6.45, 7) is 4.92. The van der Waals surface area contributed by atoms with Crippen LogP contribution in [0.3, 0.4) is 0 Å². The van der Waals surface area contributed by atoms with Gasteiger partial charge in [0.1, 0.15) is 0 Å². The molecule has 2 aliphatic heterocycles. The van der Waals surface area contributed by atoms with Crippen LogP contribution in [0.5, 0.6) is 0 Å². The second-order valence-electron chi connectivity index (χ2n) is 3.81. The third kappa shape index (κ3) is 1.16. The van der Waals surface area contributed by atoms with E-state index >= 15 is 0 Å². The third-order valence-electron chi connectivity index (χ3n) is 2.59.